The first-order valence-corrected chi connectivity index (χ1v) is 9.99. The zero-order valence-electron chi connectivity index (χ0n) is 16.1. The average Bonchev–Trinajstić information content (AvgIpc) is 2.75. The van der Waals surface area contributed by atoms with E-state index in [2.05, 4.69) is 10.6 Å². The highest BCUT2D eigenvalue weighted by molar-refractivity contribution is 8.00. The molecule has 3 aromatic carbocycles. The Balaban J connectivity index is 1.58. The molecule has 0 saturated carbocycles. The zero-order chi connectivity index (χ0) is 21.5. The van der Waals surface area contributed by atoms with Gasteiger partial charge in [0.1, 0.15) is 0 Å². The number of amides is 2. The van der Waals surface area contributed by atoms with Gasteiger partial charge in [-0.2, -0.15) is 0 Å². The molecule has 0 fully saturated rings. The van der Waals surface area contributed by atoms with E-state index in [-0.39, 0.29) is 22.4 Å². The summed E-state index contributed by atoms with van der Waals surface area (Å²) in [5, 5.41) is 16.1. The maximum absolute atomic E-state index is 12.3. The highest BCUT2D eigenvalue weighted by Gasteiger charge is 2.15. The molecule has 0 saturated heterocycles. The summed E-state index contributed by atoms with van der Waals surface area (Å²) < 4.78 is 0. The van der Waals surface area contributed by atoms with Crippen LogP contribution in [0.2, 0.25) is 0 Å². The van der Waals surface area contributed by atoms with Crippen molar-refractivity contribution in [2.24, 2.45) is 0 Å². The monoisotopic (exact) mass is 421 g/mol. The Bertz CT molecular complexity index is 1060. The van der Waals surface area contributed by atoms with Crippen LogP contribution in [0.1, 0.15) is 17.3 Å². The van der Waals surface area contributed by atoms with Crippen molar-refractivity contribution >= 4 is 40.6 Å². The van der Waals surface area contributed by atoms with Gasteiger partial charge in [-0.1, -0.05) is 24.3 Å². The second-order valence-corrected chi connectivity index (χ2v) is 7.82. The molecule has 3 rings (SSSR count). The number of benzene rings is 3. The van der Waals surface area contributed by atoms with Gasteiger partial charge in [-0.05, 0) is 49.4 Å². The molecule has 2 N–H and O–H groups in total. The van der Waals surface area contributed by atoms with Crippen LogP contribution < -0.4 is 10.6 Å². The van der Waals surface area contributed by atoms with Gasteiger partial charge in [-0.15, -0.1) is 11.8 Å². The third kappa shape index (κ3) is 5.68. The third-order valence-corrected chi connectivity index (χ3v) is 5.27. The van der Waals surface area contributed by atoms with E-state index in [1.165, 1.54) is 36.0 Å². The van der Waals surface area contributed by atoms with Crippen LogP contribution in [0.3, 0.4) is 0 Å². The van der Waals surface area contributed by atoms with Gasteiger partial charge in [-0.3, -0.25) is 19.7 Å². The summed E-state index contributed by atoms with van der Waals surface area (Å²) in [6.07, 6.45) is 0. The Morgan fingerprint density at radius 3 is 2.23 bits per heavy atom. The van der Waals surface area contributed by atoms with Gasteiger partial charge in [0.2, 0.25) is 5.91 Å². The van der Waals surface area contributed by atoms with Crippen LogP contribution in [0.25, 0.3) is 0 Å². The number of thioether (sulfide) groups is 1. The minimum absolute atomic E-state index is 0.103. The molecule has 7 nitrogen and oxygen atoms in total. The molecule has 0 aliphatic heterocycles. The van der Waals surface area contributed by atoms with Crippen LogP contribution in [0.5, 0.6) is 0 Å². The van der Waals surface area contributed by atoms with Gasteiger partial charge in [0.15, 0.2) is 0 Å². The maximum atomic E-state index is 12.3. The average molecular weight is 421 g/mol. The number of nitrogens with one attached hydrogen (secondary N) is 2. The molecule has 1 atom stereocenters. The fourth-order valence-corrected chi connectivity index (χ4v) is 3.47. The van der Waals surface area contributed by atoms with Crippen molar-refractivity contribution in [2.45, 2.75) is 17.1 Å². The van der Waals surface area contributed by atoms with Crippen LogP contribution in [0, 0.1) is 10.1 Å². The Morgan fingerprint density at radius 1 is 0.900 bits per heavy atom. The Labute approximate surface area is 177 Å². The third-order valence-electron chi connectivity index (χ3n) is 4.15. The highest BCUT2D eigenvalue weighted by Crippen LogP contribution is 2.26. The summed E-state index contributed by atoms with van der Waals surface area (Å²) in [6, 6.07) is 21.8. The van der Waals surface area contributed by atoms with Crippen molar-refractivity contribution in [2.75, 3.05) is 10.6 Å². The van der Waals surface area contributed by atoms with Crippen molar-refractivity contribution in [1.82, 2.24) is 0 Å². The number of carbonyl (C=O) groups is 2. The summed E-state index contributed by atoms with van der Waals surface area (Å²) >= 11 is 1.40. The van der Waals surface area contributed by atoms with Gasteiger partial charge in [-0.25, -0.2) is 0 Å². The van der Waals surface area contributed by atoms with Crippen molar-refractivity contribution in [3.8, 4) is 0 Å². The van der Waals surface area contributed by atoms with Gasteiger partial charge < -0.3 is 10.6 Å². The first-order valence-electron chi connectivity index (χ1n) is 9.11. The number of nitro groups is 1. The number of non-ortho nitro benzene ring substituents is 1. The molecule has 1 unspecified atom stereocenters. The fraction of sp³-hybridized carbons (Fsp3) is 0.0909. The lowest BCUT2D eigenvalue weighted by atomic mass is 10.2. The normalized spacial score (nSPS) is 11.4. The van der Waals surface area contributed by atoms with Crippen LogP contribution in [-0.4, -0.2) is 22.0 Å². The molecule has 0 aliphatic rings. The lowest BCUT2D eigenvalue weighted by Gasteiger charge is -2.12. The molecule has 0 heterocycles. The van der Waals surface area contributed by atoms with E-state index in [0.29, 0.717) is 5.69 Å². The lowest BCUT2D eigenvalue weighted by molar-refractivity contribution is -0.384. The number of nitrogens with zero attached hydrogens (tertiary/aromatic N) is 1. The van der Waals surface area contributed by atoms with Gasteiger partial charge in [0.25, 0.3) is 11.6 Å². The van der Waals surface area contributed by atoms with E-state index in [1.807, 2.05) is 37.3 Å². The summed E-state index contributed by atoms with van der Waals surface area (Å²) in [5.41, 5.74) is 1.36. The lowest BCUT2D eigenvalue weighted by Crippen LogP contribution is -2.22. The second-order valence-electron chi connectivity index (χ2n) is 6.40. The molecule has 0 bridgehead atoms. The minimum Gasteiger partial charge on any atom is -0.325 e. The summed E-state index contributed by atoms with van der Waals surface area (Å²) in [6.45, 7) is 1.82. The van der Waals surface area contributed by atoms with Crippen LogP contribution >= 0.6 is 11.8 Å². The van der Waals surface area contributed by atoms with Crippen LogP contribution in [0.15, 0.2) is 83.8 Å². The van der Waals surface area contributed by atoms with Crippen LogP contribution in [0.4, 0.5) is 17.1 Å². The number of nitro benzene ring substituents is 1. The predicted molar refractivity (Wildman–Crippen MR) is 118 cm³/mol. The molecule has 152 valence electrons. The summed E-state index contributed by atoms with van der Waals surface area (Å²) in [7, 11) is 0. The fourth-order valence-electron chi connectivity index (χ4n) is 2.60. The smallest absolute Gasteiger partial charge is 0.270 e. The topological polar surface area (TPSA) is 101 Å². The van der Waals surface area contributed by atoms with Gasteiger partial charge in [0, 0.05) is 34.0 Å². The van der Waals surface area contributed by atoms with E-state index >= 15 is 0 Å². The van der Waals surface area contributed by atoms with E-state index < -0.39 is 10.8 Å². The van der Waals surface area contributed by atoms with Crippen molar-refractivity contribution in [3.05, 3.63) is 94.5 Å². The quantitative estimate of drug-likeness (QED) is 0.319. The van der Waals surface area contributed by atoms with Crippen molar-refractivity contribution in [1.29, 1.82) is 0 Å². The van der Waals surface area contributed by atoms with Crippen LogP contribution in [-0.2, 0) is 4.79 Å². The molecule has 8 heteroatoms. The number of para-hydroxylation sites is 1. The van der Waals surface area contributed by atoms with Gasteiger partial charge in [0.05, 0.1) is 10.2 Å². The number of hydrogen-bond acceptors (Lipinski definition) is 5. The number of carbonyl (C=O) groups excluding carboxylic acids is 2. The molecule has 30 heavy (non-hydrogen) atoms. The van der Waals surface area contributed by atoms with E-state index in [9.17, 15) is 19.7 Å². The molecule has 0 radical (unpaired) electrons. The Kier molecular flexibility index (Phi) is 6.82. The number of anilines is 2. The van der Waals surface area contributed by atoms with Crippen molar-refractivity contribution < 1.29 is 14.5 Å². The second kappa shape index (κ2) is 9.71. The summed E-state index contributed by atoms with van der Waals surface area (Å²) in [5.74, 6) is -0.538. The first kappa shape index (κ1) is 21.1. The largest absolute Gasteiger partial charge is 0.325 e. The molecular weight excluding hydrogens is 402 g/mol. The molecule has 0 aromatic heterocycles. The SMILES string of the molecule is CC(Sc1ccc(NC(=O)c2cccc([N+](=O)[O-])c2)cc1)C(=O)Nc1ccccc1. The van der Waals surface area contributed by atoms with Gasteiger partial charge >= 0.3 is 0 Å². The van der Waals surface area contributed by atoms with E-state index in [0.717, 1.165) is 10.6 Å². The minimum atomic E-state index is -0.544. The molecule has 2 amide bonds. The predicted octanol–water partition coefficient (Wildman–Crippen LogP) is 4.97. The van der Waals surface area contributed by atoms with E-state index in [4.69, 9.17) is 0 Å². The molecule has 3 aromatic rings. The number of hydrogen-bond donors (Lipinski definition) is 2. The highest BCUT2D eigenvalue weighted by atomic mass is 32.2. The van der Waals surface area contributed by atoms with E-state index in [1.54, 1.807) is 24.3 Å². The Morgan fingerprint density at radius 2 is 1.57 bits per heavy atom. The molecule has 0 spiro atoms. The van der Waals surface area contributed by atoms with Crippen molar-refractivity contribution in [3.63, 3.8) is 0 Å². The first-order chi connectivity index (χ1) is 14.4. The molecule has 0 aliphatic carbocycles. The summed E-state index contributed by atoms with van der Waals surface area (Å²) in [4.78, 5) is 35.8. The molecular formula is C22H19N3O4S. The number of rotatable bonds is 7. The maximum Gasteiger partial charge on any atom is 0.270 e. The standard InChI is InChI=1S/C22H19N3O4S/c1-15(21(26)23-17-7-3-2-4-8-17)30-20-12-10-18(11-13-20)24-22(27)16-6-5-9-19(14-16)25(28)29/h2-15H,1H3,(H,23,26)(H,24,27). The Hall–Kier alpha value is -3.65. The zero-order valence-corrected chi connectivity index (χ0v) is 16.9.